The van der Waals surface area contributed by atoms with E-state index >= 15 is 0 Å². The molecule has 1 aliphatic rings. The molecule has 128 valence electrons. The first-order valence-electron chi connectivity index (χ1n) is 8.47. The van der Waals surface area contributed by atoms with E-state index < -0.39 is 0 Å². The molecule has 0 spiro atoms. The molecule has 3 rings (SSSR count). The molecule has 1 saturated carbocycles. The zero-order chi connectivity index (χ0) is 16.8. The summed E-state index contributed by atoms with van der Waals surface area (Å²) in [6.45, 7) is 0. The molecule has 1 amide bonds. The molecule has 0 saturated heterocycles. The number of carbonyl (C=O) groups is 1. The van der Waals surface area contributed by atoms with Crippen molar-refractivity contribution in [2.45, 2.75) is 49.7 Å². The molecule has 0 aliphatic heterocycles. The molecule has 1 N–H and O–H groups in total. The maximum Gasteiger partial charge on any atom is 0.230 e. The molecule has 2 heterocycles. The van der Waals surface area contributed by atoms with Gasteiger partial charge >= 0.3 is 0 Å². The highest BCUT2D eigenvalue weighted by atomic mass is 32.2. The minimum atomic E-state index is 0.0780. The Morgan fingerprint density at radius 2 is 2.04 bits per heavy atom. The molecule has 2 aromatic rings. The summed E-state index contributed by atoms with van der Waals surface area (Å²) in [5.74, 6) is 1.15. The Hall–Kier alpha value is -1.89. The Kier molecular flexibility index (Phi) is 5.85. The maximum absolute atomic E-state index is 12.2. The number of nitrogens with one attached hydrogen (secondary N) is 1. The summed E-state index contributed by atoms with van der Waals surface area (Å²) in [5, 5.41) is 12.3. The van der Waals surface area contributed by atoms with Crippen molar-refractivity contribution >= 4 is 17.7 Å². The SMILES string of the molecule is Cn1c(SCC(=O)NC2CCCCCC2)nnc1-c1ccccn1. The predicted octanol–water partition coefficient (Wildman–Crippen LogP) is 2.81. The van der Waals surface area contributed by atoms with Crippen molar-refractivity contribution in [2.24, 2.45) is 7.05 Å². The van der Waals surface area contributed by atoms with Crippen LogP contribution in [0, 0.1) is 0 Å². The van der Waals surface area contributed by atoms with Crippen molar-refractivity contribution in [1.29, 1.82) is 0 Å². The fourth-order valence-electron chi connectivity index (χ4n) is 2.98. The molecule has 0 unspecified atom stereocenters. The van der Waals surface area contributed by atoms with Gasteiger partial charge in [-0.3, -0.25) is 9.78 Å². The van der Waals surface area contributed by atoms with E-state index in [1.165, 1.54) is 37.4 Å². The first-order chi connectivity index (χ1) is 11.7. The lowest BCUT2D eigenvalue weighted by molar-refractivity contribution is -0.119. The third-order valence-corrected chi connectivity index (χ3v) is 5.30. The summed E-state index contributed by atoms with van der Waals surface area (Å²) in [7, 11) is 1.90. The minimum absolute atomic E-state index is 0.0780. The Balaban J connectivity index is 1.55. The van der Waals surface area contributed by atoms with Gasteiger partial charge in [-0.2, -0.15) is 0 Å². The van der Waals surface area contributed by atoms with Crippen LogP contribution in [0.1, 0.15) is 38.5 Å². The molecule has 2 aromatic heterocycles. The van der Waals surface area contributed by atoms with Gasteiger partial charge in [-0.05, 0) is 25.0 Å². The van der Waals surface area contributed by atoms with Crippen LogP contribution in [-0.2, 0) is 11.8 Å². The van der Waals surface area contributed by atoms with Gasteiger partial charge in [-0.1, -0.05) is 43.5 Å². The molecule has 0 aromatic carbocycles. The van der Waals surface area contributed by atoms with Gasteiger partial charge in [0.05, 0.1) is 5.75 Å². The molecular formula is C17H23N5OS. The van der Waals surface area contributed by atoms with Gasteiger partial charge in [0.15, 0.2) is 11.0 Å². The Morgan fingerprint density at radius 1 is 1.25 bits per heavy atom. The van der Waals surface area contributed by atoms with E-state index in [1.54, 1.807) is 6.20 Å². The smallest absolute Gasteiger partial charge is 0.230 e. The largest absolute Gasteiger partial charge is 0.353 e. The lowest BCUT2D eigenvalue weighted by atomic mass is 10.1. The van der Waals surface area contributed by atoms with Crippen LogP contribution in [0.2, 0.25) is 0 Å². The van der Waals surface area contributed by atoms with E-state index in [-0.39, 0.29) is 5.91 Å². The predicted molar refractivity (Wildman–Crippen MR) is 94.6 cm³/mol. The third-order valence-electron chi connectivity index (χ3n) is 4.28. The summed E-state index contributed by atoms with van der Waals surface area (Å²) < 4.78 is 1.88. The Bertz CT molecular complexity index is 665. The van der Waals surface area contributed by atoms with Crippen molar-refractivity contribution in [1.82, 2.24) is 25.1 Å². The fourth-order valence-corrected chi connectivity index (χ4v) is 3.70. The lowest BCUT2D eigenvalue weighted by Gasteiger charge is -2.15. The van der Waals surface area contributed by atoms with Crippen LogP contribution < -0.4 is 5.32 Å². The number of amides is 1. The topological polar surface area (TPSA) is 72.7 Å². The normalized spacial score (nSPS) is 15.9. The van der Waals surface area contributed by atoms with Crippen molar-refractivity contribution in [3.63, 3.8) is 0 Å². The maximum atomic E-state index is 12.2. The van der Waals surface area contributed by atoms with Gasteiger partial charge in [0.1, 0.15) is 5.69 Å². The van der Waals surface area contributed by atoms with Crippen LogP contribution in [0.5, 0.6) is 0 Å². The number of hydrogen-bond acceptors (Lipinski definition) is 5. The van der Waals surface area contributed by atoms with E-state index in [9.17, 15) is 4.79 Å². The van der Waals surface area contributed by atoms with Crippen LogP contribution in [0.4, 0.5) is 0 Å². The minimum Gasteiger partial charge on any atom is -0.353 e. The Labute approximate surface area is 146 Å². The summed E-state index contributed by atoms with van der Waals surface area (Å²) in [6.07, 6.45) is 8.95. The van der Waals surface area contributed by atoms with Gasteiger partial charge in [-0.15, -0.1) is 10.2 Å². The van der Waals surface area contributed by atoms with Gasteiger partial charge in [0, 0.05) is 19.3 Å². The zero-order valence-corrected chi connectivity index (χ0v) is 14.8. The molecule has 0 radical (unpaired) electrons. The summed E-state index contributed by atoms with van der Waals surface area (Å²) in [4.78, 5) is 16.5. The number of hydrogen-bond donors (Lipinski definition) is 1. The standard InChI is InChI=1S/C17H23N5OS/c1-22-16(14-10-6-7-11-18-14)20-21-17(22)24-12-15(23)19-13-8-4-2-3-5-9-13/h6-7,10-11,13H,2-5,8-9,12H2,1H3,(H,19,23). The molecular weight excluding hydrogens is 322 g/mol. The van der Waals surface area contributed by atoms with E-state index in [0.717, 1.165) is 23.7 Å². The van der Waals surface area contributed by atoms with Gasteiger partial charge in [0.25, 0.3) is 0 Å². The second kappa shape index (κ2) is 8.28. The number of thioether (sulfide) groups is 1. The van der Waals surface area contributed by atoms with Crippen LogP contribution in [0.25, 0.3) is 11.5 Å². The summed E-state index contributed by atoms with van der Waals surface area (Å²) in [6, 6.07) is 6.03. The molecule has 24 heavy (non-hydrogen) atoms. The molecule has 1 aliphatic carbocycles. The highest BCUT2D eigenvalue weighted by Gasteiger charge is 2.17. The highest BCUT2D eigenvalue weighted by Crippen LogP contribution is 2.21. The summed E-state index contributed by atoms with van der Waals surface area (Å²) >= 11 is 1.41. The van der Waals surface area contributed by atoms with Gasteiger partial charge in [0.2, 0.25) is 5.91 Å². The Morgan fingerprint density at radius 3 is 2.75 bits per heavy atom. The molecule has 7 heteroatoms. The van der Waals surface area contributed by atoms with Crippen molar-refractivity contribution in [3.05, 3.63) is 24.4 Å². The van der Waals surface area contributed by atoms with Crippen molar-refractivity contribution < 1.29 is 4.79 Å². The van der Waals surface area contributed by atoms with E-state index in [1.807, 2.05) is 29.8 Å². The van der Waals surface area contributed by atoms with Gasteiger partial charge < -0.3 is 9.88 Å². The van der Waals surface area contributed by atoms with E-state index in [2.05, 4.69) is 20.5 Å². The second-order valence-electron chi connectivity index (χ2n) is 6.12. The first-order valence-corrected chi connectivity index (χ1v) is 9.45. The molecule has 0 bridgehead atoms. The summed E-state index contributed by atoms with van der Waals surface area (Å²) in [5.41, 5.74) is 0.780. The number of aromatic nitrogens is 4. The number of rotatable bonds is 5. The quantitative estimate of drug-likeness (QED) is 0.666. The van der Waals surface area contributed by atoms with Crippen molar-refractivity contribution in [2.75, 3.05) is 5.75 Å². The zero-order valence-electron chi connectivity index (χ0n) is 13.9. The van der Waals surface area contributed by atoms with Crippen LogP contribution in [0.3, 0.4) is 0 Å². The van der Waals surface area contributed by atoms with Crippen molar-refractivity contribution in [3.8, 4) is 11.5 Å². The van der Waals surface area contributed by atoms with Crippen LogP contribution in [-0.4, -0.2) is 37.5 Å². The fraction of sp³-hybridized carbons (Fsp3) is 0.529. The average Bonchev–Trinajstić information content (AvgIpc) is 2.79. The average molecular weight is 345 g/mol. The second-order valence-corrected chi connectivity index (χ2v) is 7.07. The lowest BCUT2D eigenvalue weighted by Crippen LogP contribution is -2.35. The van der Waals surface area contributed by atoms with E-state index in [0.29, 0.717) is 17.6 Å². The van der Waals surface area contributed by atoms with Crippen LogP contribution in [0.15, 0.2) is 29.6 Å². The number of nitrogens with zero attached hydrogens (tertiary/aromatic N) is 4. The molecule has 6 nitrogen and oxygen atoms in total. The van der Waals surface area contributed by atoms with Crippen LogP contribution >= 0.6 is 11.8 Å². The number of carbonyl (C=O) groups excluding carboxylic acids is 1. The molecule has 0 atom stereocenters. The molecule has 1 fully saturated rings. The highest BCUT2D eigenvalue weighted by molar-refractivity contribution is 7.99. The third kappa shape index (κ3) is 4.35. The first kappa shape index (κ1) is 17.0. The van der Waals surface area contributed by atoms with E-state index in [4.69, 9.17) is 0 Å². The number of pyridine rings is 1. The monoisotopic (exact) mass is 345 g/mol. The van der Waals surface area contributed by atoms with Gasteiger partial charge in [-0.25, -0.2) is 0 Å².